The second kappa shape index (κ2) is 9.22. The van der Waals surface area contributed by atoms with Gasteiger partial charge in [-0.1, -0.05) is 73.9 Å². The molecule has 4 rings (SSSR count). The Hall–Kier alpha value is -1.75. The Morgan fingerprint density at radius 1 is 0.944 bits per heavy atom. The van der Waals surface area contributed by atoms with Gasteiger partial charge < -0.3 is 18.9 Å². The van der Waals surface area contributed by atoms with Crippen LogP contribution < -0.4 is 10.4 Å². The van der Waals surface area contributed by atoms with Crippen molar-refractivity contribution in [2.75, 3.05) is 27.4 Å². The summed E-state index contributed by atoms with van der Waals surface area (Å²) in [6.45, 7) is 19.5. The lowest BCUT2D eigenvalue weighted by Crippen LogP contribution is -2.57. The molecule has 0 amide bonds. The van der Waals surface area contributed by atoms with Crippen molar-refractivity contribution in [1.82, 2.24) is 0 Å². The molecule has 1 saturated heterocycles. The summed E-state index contributed by atoms with van der Waals surface area (Å²) in [5.41, 5.74) is 2.08. The van der Waals surface area contributed by atoms with Gasteiger partial charge in [0.2, 0.25) is 0 Å². The molecule has 2 atom stereocenters. The molecule has 0 bridgehead atoms. The van der Waals surface area contributed by atoms with Crippen LogP contribution in [0, 0.1) is 11.3 Å². The average molecular weight is 531 g/mol. The maximum absolute atomic E-state index is 13.2. The van der Waals surface area contributed by atoms with Gasteiger partial charge in [-0.25, -0.2) is 0 Å². The monoisotopic (exact) mass is 530 g/mol. The first-order chi connectivity index (χ1) is 16.7. The van der Waals surface area contributed by atoms with Crippen molar-refractivity contribution in [3.8, 4) is 0 Å². The number of benzene rings is 1. The Balaban J connectivity index is 1.75. The van der Waals surface area contributed by atoms with E-state index >= 15 is 0 Å². The van der Waals surface area contributed by atoms with E-state index in [-0.39, 0.29) is 12.3 Å². The Kier molecular flexibility index (Phi) is 6.99. The fraction of sp³-hybridized carbons (Fsp3) is 0.643. The first-order valence-electron chi connectivity index (χ1n) is 13.0. The van der Waals surface area contributed by atoms with Crippen LogP contribution in [0.25, 0.3) is 0 Å². The predicted octanol–water partition coefficient (Wildman–Crippen LogP) is 3.85. The highest BCUT2D eigenvalue weighted by Crippen LogP contribution is 2.57. The number of carbonyl (C=O) groups excluding carboxylic acids is 2. The van der Waals surface area contributed by atoms with Gasteiger partial charge in [0.15, 0.2) is 11.2 Å². The van der Waals surface area contributed by atoms with Gasteiger partial charge in [0, 0.05) is 12.3 Å². The maximum Gasteiger partial charge on any atom is 0.324 e. The summed E-state index contributed by atoms with van der Waals surface area (Å²) in [6.07, 6.45) is 2.18. The van der Waals surface area contributed by atoms with Crippen molar-refractivity contribution in [2.24, 2.45) is 11.3 Å². The van der Waals surface area contributed by atoms with Crippen LogP contribution in [0.15, 0.2) is 24.3 Å². The van der Waals surface area contributed by atoms with Crippen LogP contribution >= 0.6 is 0 Å². The molecule has 36 heavy (non-hydrogen) atoms. The van der Waals surface area contributed by atoms with Crippen LogP contribution in [0.5, 0.6) is 0 Å². The summed E-state index contributed by atoms with van der Waals surface area (Å²) < 4.78 is 23.0. The van der Waals surface area contributed by atoms with Crippen molar-refractivity contribution in [3.63, 3.8) is 0 Å². The van der Waals surface area contributed by atoms with Crippen LogP contribution in [-0.4, -0.2) is 61.3 Å². The number of ether oxygens (including phenoxy) is 4. The highest BCUT2D eigenvalue weighted by Gasteiger charge is 2.67. The number of methoxy groups -OCH3 is 2. The molecule has 2 aliphatic carbocycles. The van der Waals surface area contributed by atoms with Gasteiger partial charge >= 0.3 is 11.9 Å². The van der Waals surface area contributed by atoms with E-state index < -0.39 is 45.2 Å². The average Bonchev–Trinajstić information content (AvgIpc) is 3.40. The van der Waals surface area contributed by atoms with E-state index in [2.05, 4.69) is 58.0 Å². The second-order valence-electron chi connectivity index (χ2n) is 12.8. The zero-order chi connectivity index (χ0) is 26.7. The van der Waals surface area contributed by atoms with E-state index in [1.54, 1.807) is 10.4 Å². The summed E-state index contributed by atoms with van der Waals surface area (Å²) in [4.78, 5) is 26.4. The van der Waals surface area contributed by atoms with Gasteiger partial charge in [-0.15, -0.1) is 0 Å². The molecule has 1 aliphatic heterocycles. The Bertz CT molecular complexity index is 1060. The Labute approximate surface area is 217 Å². The topological polar surface area (TPSA) is 71.1 Å². The molecular weight excluding hydrogens is 488 g/mol. The van der Waals surface area contributed by atoms with E-state index in [0.29, 0.717) is 26.1 Å². The number of carbonyl (C=O) groups is 2. The third-order valence-electron chi connectivity index (χ3n) is 8.36. The SMILES string of the molecule is C=C1CC(C2(CC3Cc4cc([Si](C)(C)C)c([Si](C)(C)C)cc43)OCCO2)C(C(=O)OC)(C(=O)OC)C1. The van der Waals surface area contributed by atoms with Crippen LogP contribution in [-0.2, 0) is 35.0 Å². The van der Waals surface area contributed by atoms with E-state index in [0.717, 1.165) is 12.0 Å². The van der Waals surface area contributed by atoms with E-state index in [1.807, 2.05) is 0 Å². The second-order valence-corrected chi connectivity index (χ2v) is 22.9. The van der Waals surface area contributed by atoms with E-state index in [9.17, 15) is 9.59 Å². The molecule has 0 spiro atoms. The summed E-state index contributed by atoms with van der Waals surface area (Å²) in [6, 6.07) is 4.94. The Morgan fingerprint density at radius 3 is 1.97 bits per heavy atom. The highest BCUT2D eigenvalue weighted by atomic mass is 28.3. The molecule has 2 unspecified atom stereocenters. The molecule has 0 aromatic heterocycles. The van der Waals surface area contributed by atoms with Crippen molar-refractivity contribution < 1.29 is 28.5 Å². The minimum absolute atomic E-state index is 0.187. The van der Waals surface area contributed by atoms with Crippen LogP contribution in [0.3, 0.4) is 0 Å². The highest BCUT2D eigenvalue weighted by molar-refractivity contribution is 6.98. The van der Waals surface area contributed by atoms with Crippen molar-refractivity contribution >= 4 is 38.5 Å². The van der Waals surface area contributed by atoms with Gasteiger partial charge in [0.05, 0.1) is 43.6 Å². The van der Waals surface area contributed by atoms with Gasteiger partial charge in [0.1, 0.15) is 0 Å². The molecular formula is C28H42O6Si2. The number of allylic oxidation sites excluding steroid dienone is 1. The van der Waals surface area contributed by atoms with Crippen LogP contribution in [0.2, 0.25) is 39.3 Å². The van der Waals surface area contributed by atoms with E-state index in [1.165, 1.54) is 25.3 Å². The molecule has 3 aliphatic rings. The van der Waals surface area contributed by atoms with Gasteiger partial charge in [-0.2, -0.15) is 0 Å². The summed E-state index contributed by atoms with van der Waals surface area (Å²) in [5.74, 6) is -2.59. The molecule has 6 nitrogen and oxygen atoms in total. The number of rotatable bonds is 7. The molecule has 1 saturated carbocycles. The quantitative estimate of drug-likeness (QED) is 0.231. The summed E-state index contributed by atoms with van der Waals surface area (Å²) in [7, 11) is -0.429. The Morgan fingerprint density at radius 2 is 1.47 bits per heavy atom. The molecule has 1 heterocycles. The zero-order valence-corrected chi connectivity index (χ0v) is 25.2. The minimum Gasteiger partial charge on any atom is -0.468 e. The molecule has 198 valence electrons. The first kappa shape index (κ1) is 27.3. The lowest BCUT2D eigenvalue weighted by molar-refractivity contribution is -0.232. The standard InChI is InChI=1S/C28H42O6Si2/c1-18-12-24(27(16-18,25(29)31-2)26(30)32-3)28(33-10-11-34-28)17-20-13-19-14-22(35(4,5)6)23(15-21(19)20)36(7,8)9/h14-15,20,24H,1,10-13,16-17H2,2-9H3. The lowest BCUT2D eigenvalue weighted by Gasteiger charge is -2.45. The van der Waals surface area contributed by atoms with Crippen molar-refractivity contribution in [2.45, 2.75) is 76.7 Å². The zero-order valence-electron chi connectivity index (χ0n) is 23.2. The fourth-order valence-electron chi connectivity index (χ4n) is 6.62. The molecule has 0 radical (unpaired) electrons. The summed E-state index contributed by atoms with van der Waals surface area (Å²) >= 11 is 0. The minimum atomic E-state index is -1.56. The maximum atomic E-state index is 13.2. The van der Waals surface area contributed by atoms with Gasteiger partial charge in [-0.05, 0) is 36.3 Å². The van der Waals surface area contributed by atoms with Crippen molar-refractivity contribution in [1.29, 1.82) is 0 Å². The lowest BCUT2D eigenvalue weighted by atomic mass is 9.67. The molecule has 1 aromatic carbocycles. The van der Waals surface area contributed by atoms with Gasteiger partial charge in [0.25, 0.3) is 0 Å². The molecule has 2 fully saturated rings. The number of hydrogen-bond donors (Lipinski definition) is 0. The number of hydrogen-bond acceptors (Lipinski definition) is 6. The molecule has 1 aromatic rings. The summed E-state index contributed by atoms with van der Waals surface area (Å²) in [5, 5.41) is 3.14. The van der Waals surface area contributed by atoms with E-state index in [4.69, 9.17) is 18.9 Å². The van der Waals surface area contributed by atoms with Gasteiger partial charge in [-0.3, -0.25) is 9.59 Å². The fourth-order valence-corrected chi connectivity index (χ4v) is 11.8. The third-order valence-corrected chi connectivity index (χ3v) is 12.7. The smallest absolute Gasteiger partial charge is 0.324 e. The first-order valence-corrected chi connectivity index (χ1v) is 20.0. The molecule has 0 N–H and O–H groups in total. The van der Waals surface area contributed by atoms with Crippen LogP contribution in [0.1, 0.15) is 36.3 Å². The normalized spacial score (nSPS) is 24.7. The predicted molar refractivity (Wildman–Crippen MR) is 146 cm³/mol. The van der Waals surface area contributed by atoms with Crippen molar-refractivity contribution in [3.05, 3.63) is 35.4 Å². The van der Waals surface area contributed by atoms with Crippen LogP contribution in [0.4, 0.5) is 0 Å². The third kappa shape index (κ3) is 4.33. The number of esters is 2. The molecule has 8 heteroatoms. The largest absolute Gasteiger partial charge is 0.468 e. The number of fused-ring (bicyclic) bond motifs is 1.